The molecule has 0 aliphatic rings. The number of benzene rings is 2. The number of carbonyl (C=O) groups excluding carboxylic acids is 1. The molecule has 1 N–H and O–H groups in total. The Hall–Kier alpha value is -2.54. The van der Waals surface area contributed by atoms with Crippen LogP contribution in [0.2, 0.25) is 0 Å². The molecule has 0 saturated carbocycles. The first-order valence-electron chi connectivity index (χ1n) is 9.33. The first kappa shape index (κ1) is 21.8. The van der Waals surface area contributed by atoms with Crippen molar-refractivity contribution in [3.05, 3.63) is 60.2 Å². The summed E-state index contributed by atoms with van der Waals surface area (Å²) in [4.78, 5) is 12.1. The van der Waals surface area contributed by atoms with Crippen molar-refractivity contribution in [3.8, 4) is 5.75 Å². The van der Waals surface area contributed by atoms with E-state index in [0.717, 1.165) is 12.8 Å². The largest absolute Gasteiger partial charge is 0.484 e. The lowest BCUT2D eigenvalue weighted by Crippen LogP contribution is -2.36. The van der Waals surface area contributed by atoms with Crippen LogP contribution in [0.25, 0.3) is 0 Å². The summed E-state index contributed by atoms with van der Waals surface area (Å²) in [5.74, 6) is 0.330. The molecular formula is C21H28N2O4S. The fourth-order valence-electron chi connectivity index (χ4n) is 2.88. The zero-order chi connectivity index (χ0) is 20.6. The summed E-state index contributed by atoms with van der Waals surface area (Å²) in [6.07, 6.45) is 2.92. The van der Waals surface area contributed by atoms with Gasteiger partial charge in [-0.15, -0.1) is 0 Å². The van der Waals surface area contributed by atoms with Gasteiger partial charge < -0.3 is 10.1 Å². The number of sulfonamides is 1. The van der Waals surface area contributed by atoms with Crippen molar-refractivity contribution in [1.29, 1.82) is 0 Å². The molecule has 0 radical (unpaired) electrons. The van der Waals surface area contributed by atoms with Gasteiger partial charge in [-0.05, 0) is 56.5 Å². The van der Waals surface area contributed by atoms with Gasteiger partial charge in [0.2, 0.25) is 10.0 Å². The Morgan fingerprint density at radius 2 is 1.75 bits per heavy atom. The van der Waals surface area contributed by atoms with Crippen LogP contribution in [0.1, 0.15) is 25.8 Å². The Kier molecular flexibility index (Phi) is 7.87. The third kappa shape index (κ3) is 6.88. The second-order valence-electron chi connectivity index (χ2n) is 6.70. The van der Waals surface area contributed by atoms with E-state index in [1.165, 1.54) is 16.1 Å². The van der Waals surface area contributed by atoms with Crippen molar-refractivity contribution in [3.63, 3.8) is 0 Å². The monoisotopic (exact) mass is 404 g/mol. The number of carbonyl (C=O) groups is 1. The topological polar surface area (TPSA) is 75.7 Å². The van der Waals surface area contributed by atoms with E-state index in [-0.39, 0.29) is 18.6 Å². The molecule has 152 valence electrons. The minimum atomic E-state index is -3.32. The van der Waals surface area contributed by atoms with E-state index in [4.69, 9.17) is 4.74 Å². The van der Waals surface area contributed by atoms with E-state index >= 15 is 0 Å². The molecule has 6 nitrogen and oxygen atoms in total. The summed E-state index contributed by atoms with van der Waals surface area (Å²) >= 11 is 0. The Morgan fingerprint density at radius 3 is 2.32 bits per heavy atom. The molecule has 2 aromatic rings. The molecule has 1 atom stereocenters. The molecule has 28 heavy (non-hydrogen) atoms. The Balaban J connectivity index is 1.79. The van der Waals surface area contributed by atoms with Crippen molar-refractivity contribution >= 4 is 21.6 Å². The first-order valence-corrected chi connectivity index (χ1v) is 11.2. The van der Waals surface area contributed by atoms with Crippen molar-refractivity contribution in [2.45, 2.75) is 32.7 Å². The zero-order valence-corrected chi connectivity index (χ0v) is 17.4. The lowest BCUT2D eigenvalue weighted by atomic mass is 10.1. The molecular weight excluding hydrogens is 376 g/mol. The number of amides is 1. The Labute approximate surface area is 167 Å². The smallest absolute Gasteiger partial charge is 0.258 e. The van der Waals surface area contributed by atoms with E-state index < -0.39 is 10.0 Å². The van der Waals surface area contributed by atoms with Crippen LogP contribution in [0.3, 0.4) is 0 Å². The summed E-state index contributed by atoms with van der Waals surface area (Å²) in [5, 5.41) is 2.93. The fourth-order valence-corrected chi connectivity index (χ4v) is 3.86. The molecule has 0 saturated heterocycles. The van der Waals surface area contributed by atoms with Crippen molar-refractivity contribution in [1.82, 2.24) is 5.32 Å². The standard InChI is InChI=1S/C21H28N2O4S/c1-4-23(28(3,25)26)19-12-14-20(15-13-19)27-16-21(24)22-17(2)10-11-18-8-6-5-7-9-18/h5-9,12-15,17H,4,10-11,16H2,1-3H3,(H,22,24). The minimum absolute atomic E-state index is 0.0477. The van der Waals surface area contributed by atoms with E-state index in [2.05, 4.69) is 17.4 Å². The molecule has 0 spiro atoms. The van der Waals surface area contributed by atoms with Crippen LogP contribution in [-0.2, 0) is 21.2 Å². The van der Waals surface area contributed by atoms with Crippen molar-refractivity contribution in [2.75, 3.05) is 23.7 Å². The highest BCUT2D eigenvalue weighted by Gasteiger charge is 2.15. The summed E-state index contributed by atoms with van der Waals surface area (Å²) < 4.78 is 30.3. The Bertz CT molecular complexity index is 852. The lowest BCUT2D eigenvalue weighted by molar-refractivity contribution is -0.123. The molecule has 0 aliphatic heterocycles. The van der Waals surface area contributed by atoms with E-state index in [1.807, 2.05) is 25.1 Å². The molecule has 0 aliphatic carbocycles. The first-order chi connectivity index (χ1) is 13.3. The van der Waals surface area contributed by atoms with Crippen molar-refractivity contribution < 1.29 is 17.9 Å². The summed E-state index contributed by atoms with van der Waals surface area (Å²) in [7, 11) is -3.32. The van der Waals surface area contributed by atoms with Crippen LogP contribution in [0, 0.1) is 0 Å². The maximum absolute atomic E-state index is 12.1. The molecule has 0 fully saturated rings. The number of nitrogens with one attached hydrogen (secondary N) is 1. The number of anilines is 1. The van der Waals surface area contributed by atoms with Gasteiger partial charge in [0.15, 0.2) is 6.61 Å². The number of hydrogen-bond acceptors (Lipinski definition) is 4. The minimum Gasteiger partial charge on any atom is -0.484 e. The molecule has 2 rings (SSSR count). The zero-order valence-electron chi connectivity index (χ0n) is 16.6. The molecule has 0 aromatic heterocycles. The van der Waals surface area contributed by atoms with Crippen LogP contribution in [0.5, 0.6) is 5.75 Å². The van der Waals surface area contributed by atoms with Gasteiger partial charge in [0.25, 0.3) is 5.91 Å². The fraction of sp³-hybridized carbons (Fsp3) is 0.381. The van der Waals surface area contributed by atoms with E-state index in [1.54, 1.807) is 31.2 Å². The second kappa shape index (κ2) is 10.1. The highest BCUT2D eigenvalue weighted by Crippen LogP contribution is 2.21. The van der Waals surface area contributed by atoms with Gasteiger partial charge in [0.05, 0.1) is 11.9 Å². The number of aryl methyl sites for hydroxylation is 1. The van der Waals surface area contributed by atoms with Gasteiger partial charge in [0.1, 0.15) is 5.75 Å². The predicted molar refractivity (Wildman–Crippen MR) is 112 cm³/mol. The summed E-state index contributed by atoms with van der Waals surface area (Å²) in [5.41, 5.74) is 1.81. The van der Waals surface area contributed by atoms with Crippen LogP contribution in [0.15, 0.2) is 54.6 Å². The highest BCUT2D eigenvalue weighted by molar-refractivity contribution is 7.92. The quantitative estimate of drug-likeness (QED) is 0.661. The normalized spacial score (nSPS) is 12.2. The molecule has 7 heteroatoms. The molecule has 2 aromatic carbocycles. The van der Waals surface area contributed by atoms with Gasteiger partial charge >= 0.3 is 0 Å². The maximum Gasteiger partial charge on any atom is 0.258 e. The van der Waals surface area contributed by atoms with E-state index in [0.29, 0.717) is 18.0 Å². The van der Waals surface area contributed by atoms with Gasteiger partial charge in [0, 0.05) is 12.6 Å². The van der Waals surface area contributed by atoms with Gasteiger partial charge in [-0.25, -0.2) is 8.42 Å². The van der Waals surface area contributed by atoms with Gasteiger partial charge in [-0.3, -0.25) is 9.10 Å². The Morgan fingerprint density at radius 1 is 1.11 bits per heavy atom. The van der Waals surface area contributed by atoms with Crippen LogP contribution in [-0.4, -0.2) is 39.8 Å². The summed E-state index contributed by atoms with van der Waals surface area (Å²) in [6, 6.07) is 16.9. The van der Waals surface area contributed by atoms with Crippen LogP contribution in [0.4, 0.5) is 5.69 Å². The van der Waals surface area contributed by atoms with Crippen LogP contribution < -0.4 is 14.4 Å². The van der Waals surface area contributed by atoms with Crippen molar-refractivity contribution in [2.24, 2.45) is 0 Å². The summed E-state index contributed by atoms with van der Waals surface area (Å²) in [6.45, 7) is 4.01. The third-order valence-electron chi connectivity index (χ3n) is 4.30. The third-order valence-corrected chi connectivity index (χ3v) is 5.57. The lowest BCUT2D eigenvalue weighted by Gasteiger charge is -2.20. The molecule has 1 unspecified atom stereocenters. The highest BCUT2D eigenvalue weighted by atomic mass is 32.2. The van der Waals surface area contributed by atoms with E-state index in [9.17, 15) is 13.2 Å². The molecule has 0 heterocycles. The average molecular weight is 405 g/mol. The predicted octanol–water partition coefficient (Wildman–Crippen LogP) is 2.99. The number of rotatable bonds is 10. The van der Waals surface area contributed by atoms with Gasteiger partial charge in [-0.1, -0.05) is 30.3 Å². The molecule has 0 bridgehead atoms. The maximum atomic E-state index is 12.1. The number of nitrogens with zero attached hydrogens (tertiary/aromatic N) is 1. The number of hydrogen-bond donors (Lipinski definition) is 1. The SMILES string of the molecule is CCN(c1ccc(OCC(=O)NC(C)CCc2ccccc2)cc1)S(C)(=O)=O. The second-order valence-corrected chi connectivity index (χ2v) is 8.61. The number of ether oxygens (including phenoxy) is 1. The van der Waals surface area contributed by atoms with Gasteiger partial charge in [-0.2, -0.15) is 0 Å². The average Bonchev–Trinajstić information content (AvgIpc) is 2.66. The van der Waals surface area contributed by atoms with Crippen LogP contribution >= 0.6 is 0 Å². The molecule has 1 amide bonds.